The highest BCUT2D eigenvalue weighted by atomic mass is 79.9. The summed E-state index contributed by atoms with van der Waals surface area (Å²) in [4.78, 5) is 8.40. The van der Waals surface area contributed by atoms with E-state index in [0.29, 0.717) is 17.4 Å². The number of aryl methyl sites for hydroxylation is 2. The first-order valence-corrected chi connectivity index (χ1v) is 5.89. The average molecular weight is 294 g/mol. The van der Waals surface area contributed by atoms with E-state index in [-0.39, 0.29) is 0 Å². The van der Waals surface area contributed by atoms with Crippen molar-refractivity contribution in [1.29, 1.82) is 0 Å². The van der Waals surface area contributed by atoms with E-state index in [1.807, 2.05) is 32.0 Å². The number of nitrogens with two attached hydrogens (primary N) is 1. The van der Waals surface area contributed by atoms with Crippen LogP contribution in [-0.2, 0) is 0 Å². The lowest BCUT2D eigenvalue weighted by Crippen LogP contribution is -1.98. The van der Waals surface area contributed by atoms with Crippen molar-refractivity contribution in [1.82, 2.24) is 9.97 Å². The van der Waals surface area contributed by atoms with E-state index in [1.165, 1.54) is 0 Å². The third-order valence-corrected chi connectivity index (χ3v) is 2.78. The van der Waals surface area contributed by atoms with Crippen LogP contribution in [-0.4, -0.2) is 9.97 Å². The summed E-state index contributed by atoms with van der Waals surface area (Å²) in [6.07, 6.45) is 0. The van der Waals surface area contributed by atoms with Gasteiger partial charge in [0.2, 0.25) is 0 Å². The van der Waals surface area contributed by atoms with Crippen molar-refractivity contribution in [2.45, 2.75) is 13.8 Å². The van der Waals surface area contributed by atoms with Gasteiger partial charge in [-0.3, -0.25) is 0 Å². The van der Waals surface area contributed by atoms with E-state index < -0.39 is 0 Å². The molecule has 2 rings (SSSR count). The van der Waals surface area contributed by atoms with Gasteiger partial charge in [-0.2, -0.15) is 0 Å². The van der Waals surface area contributed by atoms with Gasteiger partial charge in [0.05, 0.1) is 10.2 Å². The fourth-order valence-corrected chi connectivity index (χ4v) is 1.93. The summed E-state index contributed by atoms with van der Waals surface area (Å²) in [6, 6.07) is 7.66. The number of benzene rings is 1. The molecule has 2 N–H and O–H groups in total. The zero-order valence-corrected chi connectivity index (χ0v) is 11.2. The van der Waals surface area contributed by atoms with Crippen LogP contribution in [0.2, 0.25) is 0 Å². The Morgan fingerprint density at radius 1 is 1.18 bits per heavy atom. The highest BCUT2D eigenvalue weighted by Crippen LogP contribution is 2.33. The lowest BCUT2D eigenvalue weighted by molar-refractivity contribution is 0.438. The van der Waals surface area contributed by atoms with Crippen molar-refractivity contribution in [3.05, 3.63) is 40.1 Å². The molecular weight excluding hydrogens is 282 g/mol. The van der Waals surface area contributed by atoms with Crippen LogP contribution in [0.5, 0.6) is 11.8 Å². The number of anilines is 1. The van der Waals surface area contributed by atoms with Crippen molar-refractivity contribution < 1.29 is 4.74 Å². The second kappa shape index (κ2) is 4.71. The Morgan fingerprint density at radius 3 is 2.41 bits per heavy atom. The zero-order valence-electron chi connectivity index (χ0n) is 9.57. The molecule has 1 heterocycles. The topological polar surface area (TPSA) is 61.0 Å². The second-order valence-electron chi connectivity index (χ2n) is 3.69. The van der Waals surface area contributed by atoms with E-state index in [0.717, 1.165) is 15.9 Å². The van der Waals surface area contributed by atoms with Crippen molar-refractivity contribution >= 4 is 21.6 Å². The molecule has 5 heteroatoms. The third kappa shape index (κ3) is 2.74. The quantitative estimate of drug-likeness (QED) is 0.864. The van der Waals surface area contributed by atoms with Gasteiger partial charge in [-0.05, 0) is 48.0 Å². The molecule has 1 aromatic heterocycles. The summed E-state index contributed by atoms with van der Waals surface area (Å²) >= 11 is 3.38. The van der Waals surface area contributed by atoms with Crippen molar-refractivity contribution in [2.24, 2.45) is 0 Å². The van der Waals surface area contributed by atoms with Gasteiger partial charge in [0.15, 0.2) is 5.75 Å². The van der Waals surface area contributed by atoms with Crippen molar-refractivity contribution in [2.75, 3.05) is 5.73 Å². The molecular formula is C12H12BrN3O. The summed E-state index contributed by atoms with van der Waals surface area (Å²) < 4.78 is 6.39. The number of ether oxygens (including phenoxy) is 1. The van der Waals surface area contributed by atoms with Crippen LogP contribution in [0.25, 0.3) is 0 Å². The SMILES string of the molecule is Cc1cc(C)nc(Oc2c(N)cccc2Br)n1. The van der Waals surface area contributed by atoms with Crippen molar-refractivity contribution in [3.63, 3.8) is 0 Å². The van der Waals surface area contributed by atoms with Crippen LogP contribution in [0.3, 0.4) is 0 Å². The van der Waals surface area contributed by atoms with Gasteiger partial charge in [-0.15, -0.1) is 0 Å². The fraction of sp³-hybridized carbons (Fsp3) is 0.167. The van der Waals surface area contributed by atoms with Crippen molar-refractivity contribution in [3.8, 4) is 11.8 Å². The second-order valence-corrected chi connectivity index (χ2v) is 4.55. The minimum absolute atomic E-state index is 0.307. The van der Waals surface area contributed by atoms with E-state index in [1.54, 1.807) is 6.07 Å². The van der Waals surface area contributed by atoms with E-state index in [2.05, 4.69) is 25.9 Å². The molecule has 0 radical (unpaired) electrons. The molecule has 0 aliphatic rings. The van der Waals surface area contributed by atoms with Gasteiger partial charge >= 0.3 is 6.01 Å². The fourth-order valence-electron chi connectivity index (χ4n) is 1.46. The molecule has 1 aromatic carbocycles. The number of nitrogens with zero attached hydrogens (tertiary/aromatic N) is 2. The predicted molar refractivity (Wildman–Crippen MR) is 70.1 cm³/mol. The monoisotopic (exact) mass is 293 g/mol. The lowest BCUT2D eigenvalue weighted by Gasteiger charge is -2.09. The standard InChI is InChI=1S/C12H12BrN3O/c1-7-6-8(2)16-12(15-7)17-11-9(13)4-3-5-10(11)14/h3-6H,14H2,1-2H3. The van der Waals surface area contributed by atoms with Gasteiger partial charge in [0, 0.05) is 11.4 Å². The number of aromatic nitrogens is 2. The maximum absolute atomic E-state index is 5.83. The van der Waals surface area contributed by atoms with Crippen LogP contribution in [0.4, 0.5) is 5.69 Å². The van der Waals surface area contributed by atoms with E-state index in [9.17, 15) is 0 Å². The molecule has 4 nitrogen and oxygen atoms in total. The summed E-state index contributed by atoms with van der Waals surface area (Å²) in [6.45, 7) is 3.79. The Morgan fingerprint density at radius 2 is 1.82 bits per heavy atom. The average Bonchev–Trinajstić information content (AvgIpc) is 2.22. The maximum atomic E-state index is 5.83. The minimum atomic E-state index is 0.307. The first kappa shape index (κ1) is 11.9. The van der Waals surface area contributed by atoms with Crippen LogP contribution < -0.4 is 10.5 Å². The minimum Gasteiger partial charge on any atom is -0.421 e. The maximum Gasteiger partial charge on any atom is 0.322 e. The smallest absolute Gasteiger partial charge is 0.322 e. The highest BCUT2D eigenvalue weighted by Gasteiger charge is 2.09. The van der Waals surface area contributed by atoms with Crippen LogP contribution in [0.1, 0.15) is 11.4 Å². The van der Waals surface area contributed by atoms with E-state index in [4.69, 9.17) is 10.5 Å². The molecule has 0 amide bonds. The Balaban J connectivity index is 2.38. The summed E-state index contributed by atoms with van der Waals surface area (Å²) in [5, 5.41) is 0. The molecule has 0 saturated heterocycles. The molecule has 0 bridgehead atoms. The first-order chi connectivity index (χ1) is 8.06. The lowest BCUT2D eigenvalue weighted by atomic mass is 10.3. The number of nitrogen functional groups attached to an aromatic ring is 1. The molecule has 0 unspecified atom stereocenters. The summed E-state index contributed by atoms with van der Waals surface area (Å²) in [7, 11) is 0. The molecule has 0 aliphatic heterocycles. The number of hydrogen-bond acceptors (Lipinski definition) is 4. The largest absolute Gasteiger partial charge is 0.421 e. The van der Waals surface area contributed by atoms with Gasteiger partial charge in [-0.1, -0.05) is 6.07 Å². The summed E-state index contributed by atoms with van der Waals surface area (Å²) in [5.41, 5.74) is 8.10. The molecule has 88 valence electrons. The van der Waals surface area contributed by atoms with E-state index >= 15 is 0 Å². The predicted octanol–water partition coefficient (Wildman–Crippen LogP) is 3.23. The Bertz CT molecular complexity index is 517. The number of para-hydroxylation sites is 1. The Kier molecular flexibility index (Phi) is 3.28. The normalized spacial score (nSPS) is 10.3. The highest BCUT2D eigenvalue weighted by molar-refractivity contribution is 9.10. The number of hydrogen-bond donors (Lipinski definition) is 1. The number of halogens is 1. The Hall–Kier alpha value is -1.62. The van der Waals surface area contributed by atoms with Gasteiger partial charge < -0.3 is 10.5 Å². The third-order valence-electron chi connectivity index (χ3n) is 2.15. The molecule has 0 fully saturated rings. The molecule has 17 heavy (non-hydrogen) atoms. The summed E-state index contributed by atoms with van der Waals surface area (Å²) in [5.74, 6) is 0.539. The van der Waals surface area contributed by atoms with Gasteiger partial charge in [-0.25, -0.2) is 9.97 Å². The van der Waals surface area contributed by atoms with Crippen LogP contribution in [0, 0.1) is 13.8 Å². The van der Waals surface area contributed by atoms with Gasteiger partial charge in [0.25, 0.3) is 0 Å². The van der Waals surface area contributed by atoms with Gasteiger partial charge in [0.1, 0.15) is 0 Å². The molecule has 0 aliphatic carbocycles. The molecule has 2 aromatic rings. The molecule has 0 saturated carbocycles. The van der Waals surface area contributed by atoms with Crippen LogP contribution in [0.15, 0.2) is 28.7 Å². The first-order valence-electron chi connectivity index (χ1n) is 5.10. The number of rotatable bonds is 2. The molecule has 0 spiro atoms. The van der Waals surface area contributed by atoms with Crippen LogP contribution >= 0.6 is 15.9 Å². The zero-order chi connectivity index (χ0) is 12.4. The Labute approximate surface area is 108 Å². The molecule has 0 atom stereocenters.